The second-order valence-electron chi connectivity index (χ2n) is 6.14. The van der Waals surface area contributed by atoms with Gasteiger partial charge in [0.1, 0.15) is 17.6 Å². The minimum Gasteiger partial charge on any atom is -0.467 e. The highest BCUT2D eigenvalue weighted by Crippen LogP contribution is 2.17. The van der Waals surface area contributed by atoms with Gasteiger partial charge >= 0.3 is 0 Å². The van der Waals surface area contributed by atoms with Crippen LogP contribution in [0.2, 0.25) is 0 Å². The third kappa shape index (κ3) is 4.81. The Morgan fingerprint density at radius 1 is 1.44 bits per heavy atom. The normalized spacial score (nSPS) is 17.2. The number of pyridine rings is 1. The number of nitrogens with zero attached hydrogens (tertiary/aromatic N) is 3. The van der Waals surface area contributed by atoms with Gasteiger partial charge in [-0.3, -0.25) is 9.69 Å². The minimum absolute atomic E-state index is 0.00139. The van der Waals surface area contributed by atoms with Gasteiger partial charge in [-0.15, -0.1) is 0 Å². The van der Waals surface area contributed by atoms with Crippen molar-refractivity contribution in [2.75, 3.05) is 31.5 Å². The van der Waals surface area contributed by atoms with Crippen LogP contribution in [0.25, 0.3) is 0 Å². The summed E-state index contributed by atoms with van der Waals surface area (Å²) in [6.45, 7) is 3.31. The fourth-order valence-electron chi connectivity index (χ4n) is 2.96. The van der Waals surface area contributed by atoms with Crippen LogP contribution in [0, 0.1) is 17.2 Å². The molecule has 0 bridgehead atoms. The zero-order valence-electron chi connectivity index (χ0n) is 13.9. The number of carbonyl (C=O) groups is 1. The number of aromatic nitrogens is 1. The summed E-state index contributed by atoms with van der Waals surface area (Å²) >= 11 is 0. The molecule has 130 valence electrons. The molecule has 1 aliphatic heterocycles. The minimum atomic E-state index is 0.00139. The van der Waals surface area contributed by atoms with Crippen LogP contribution in [0.15, 0.2) is 41.1 Å². The molecule has 2 N–H and O–H groups in total. The number of nitriles is 1. The SMILES string of the molecule is N#Cc1cccnc1NC[C@@H]1CCN(CC(=O)NCc2ccco2)C1. The maximum Gasteiger partial charge on any atom is 0.234 e. The summed E-state index contributed by atoms with van der Waals surface area (Å²) in [4.78, 5) is 18.4. The highest BCUT2D eigenvalue weighted by atomic mass is 16.3. The monoisotopic (exact) mass is 339 g/mol. The first-order valence-electron chi connectivity index (χ1n) is 8.35. The molecule has 0 aromatic carbocycles. The van der Waals surface area contributed by atoms with Gasteiger partial charge in [-0.05, 0) is 43.1 Å². The summed E-state index contributed by atoms with van der Waals surface area (Å²) in [5.74, 6) is 1.81. The Labute approximate surface area is 146 Å². The van der Waals surface area contributed by atoms with Crippen molar-refractivity contribution >= 4 is 11.7 Å². The number of hydrogen-bond acceptors (Lipinski definition) is 6. The average Bonchev–Trinajstić information content (AvgIpc) is 3.30. The molecule has 7 heteroatoms. The molecular weight excluding hydrogens is 318 g/mol. The van der Waals surface area contributed by atoms with Crippen LogP contribution in [0.1, 0.15) is 17.7 Å². The second-order valence-corrected chi connectivity index (χ2v) is 6.14. The zero-order valence-corrected chi connectivity index (χ0v) is 13.9. The predicted octanol–water partition coefficient (Wildman–Crippen LogP) is 1.60. The molecule has 0 radical (unpaired) electrons. The van der Waals surface area contributed by atoms with Gasteiger partial charge < -0.3 is 15.1 Å². The molecule has 1 fully saturated rings. The first-order valence-corrected chi connectivity index (χ1v) is 8.35. The second kappa shape index (κ2) is 8.31. The fourth-order valence-corrected chi connectivity index (χ4v) is 2.96. The van der Waals surface area contributed by atoms with Gasteiger partial charge in [0.25, 0.3) is 0 Å². The number of carbonyl (C=O) groups excluding carboxylic acids is 1. The maximum absolute atomic E-state index is 12.0. The van der Waals surface area contributed by atoms with Gasteiger partial charge in [-0.25, -0.2) is 4.98 Å². The van der Waals surface area contributed by atoms with Crippen molar-refractivity contribution in [1.29, 1.82) is 5.26 Å². The van der Waals surface area contributed by atoms with Crippen molar-refractivity contribution in [2.45, 2.75) is 13.0 Å². The number of furan rings is 1. The summed E-state index contributed by atoms with van der Waals surface area (Å²) in [6, 6.07) is 9.28. The van der Waals surface area contributed by atoms with Crippen LogP contribution in [0.5, 0.6) is 0 Å². The van der Waals surface area contributed by atoms with Crippen molar-refractivity contribution in [1.82, 2.24) is 15.2 Å². The van der Waals surface area contributed by atoms with Crippen molar-refractivity contribution < 1.29 is 9.21 Å². The molecule has 3 heterocycles. The van der Waals surface area contributed by atoms with E-state index in [0.29, 0.717) is 30.4 Å². The lowest BCUT2D eigenvalue weighted by atomic mass is 10.1. The fraction of sp³-hybridized carbons (Fsp3) is 0.389. The Hall–Kier alpha value is -2.85. The molecule has 2 aromatic rings. The van der Waals surface area contributed by atoms with E-state index in [1.54, 1.807) is 30.7 Å². The number of likely N-dealkylation sites (tertiary alicyclic amines) is 1. The number of anilines is 1. The summed E-state index contributed by atoms with van der Waals surface area (Å²) in [6.07, 6.45) is 4.29. The van der Waals surface area contributed by atoms with E-state index < -0.39 is 0 Å². The summed E-state index contributed by atoms with van der Waals surface area (Å²) in [7, 11) is 0. The largest absolute Gasteiger partial charge is 0.467 e. The Balaban J connectivity index is 1.39. The summed E-state index contributed by atoms with van der Waals surface area (Å²) in [5, 5.41) is 15.2. The van der Waals surface area contributed by atoms with Gasteiger partial charge in [0.05, 0.1) is 24.9 Å². The first kappa shape index (κ1) is 17.0. The highest BCUT2D eigenvalue weighted by molar-refractivity contribution is 5.77. The Bertz CT molecular complexity index is 738. The third-order valence-corrected chi connectivity index (χ3v) is 4.26. The van der Waals surface area contributed by atoms with Crippen LogP contribution >= 0.6 is 0 Å². The van der Waals surface area contributed by atoms with E-state index in [4.69, 9.17) is 9.68 Å². The van der Waals surface area contributed by atoms with Gasteiger partial charge in [-0.2, -0.15) is 5.26 Å². The predicted molar refractivity (Wildman–Crippen MR) is 92.5 cm³/mol. The molecule has 1 amide bonds. The molecule has 0 aliphatic carbocycles. The van der Waals surface area contributed by atoms with E-state index in [9.17, 15) is 4.79 Å². The van der Waals surface area contributed by atoms with Gasteiger partial charge in [0.15, 0.2) is 0 Å². The van der Waals surface area contributed by atoms with Gasteiger partial charge in [0, 0.05) is 19.3 Å². The lowest BCUT2D eigenvalue weighted by Crippen LogP contribution is -2.36. The molecule has 1 aliphatic rings. The Morgan fingerprint density at radius 3 is 3.16 bits per heavy atom. The van der Waals surface area contributed by atoms with Crippen LogP contribution in [-0.2, 0) is 11.3 Å². The summed E-state index contributed by atoms with van der Waals surface area (Å²) < 4.78 is 5.20. The van der Waals surface area contributed by atoms with E-state index >= 15 is 0 Å². The quantitative estimate of drug-likeness (QED) is 0.796. The van der Waals surface area contributed by atoms with E-state index in [0.717, 1.165) is 31.8 Å². The number of amides is 1. The third-order valence-electron chi connectivity index (χ3n) is 4.26. The molecule has 25 heavy (non-hydrogen) atoms. The Kier molecular flexibility index (Phi) is 5.65. The van der Waals surface area contributed by atoms with Crippen LogP contribution < -0.4 is 10.6 Å². The zero-order chi connectivity index (χ0) is 17.5. The van der Waals surface area contributed by atoms with Crippen LogP contribution in [-0.4, -0.2) is 42.0 Å². The Morgan fingerprint density at radius 2 is 2.36 bits per heavy atom. The lowest BCUT2D eigenvalue weighted by Gasteiger charge is -2.16. The topological polar surface area (TPSA) is 94.2 Å². The van der Waals surface area contributed by atoms with Crippen LogP contribution in [0.3, 0.4) is 0 Å². The molecule has 0 unspecified atom stereocenters. The summed E-state index contributed by atoms with van der Waals surface area (Å²) in [5.41, 5.74) is 0.551. The number of rotatable bonds is 7. The standard InChI is InChI=1S/C18H21N5O2/c19-9-15-3-1-6-20-18(15)22-10-14-5-7-23(12-14)13-17(24)21-11-16-4-2-8-25-16/h1-4,6,8,14H,5,7,10-13H2,(H,20,22)(H,21,24)/t14-/m0/s1. The highest BCUT2D eigenvalue weighted by Gasteiger charge is 2.24. The van der Waals surface area contributed by atoms with Crippen LogP contribution in [0.4, 0.5) is 5.82 Å². The molecule has 0 saturated carbocycles. The van der Waals surface area contributed by atoms with Crippen molar-refractivity contribution in [3.8, 4) is 6.07 Å². The molecule has 2 aromatic heterocycles. The van der Waals surface area contributed by atoms with Gasteiger partial charge in [-0.1, -0.05) is 0 Å². The van der Waals surface area contributed by atoms with Crippen molar-refractivity contribution in [2.24, 2.45) is 5.92 Å². The average molecular weight is 339 g/mol. The van der Waals surface area contributed by atoms with E-state index in [1.807, 2.05) is 6.07 Å². The van der Waals surface area contributed by atoms with Crippen molar-refractivity contribution in [3.05, 3.63) is 48.0 Å². The molecule has 3 rings (SSSR count). The van der Waals surface area contributed by atoms with Crippen molar-refractivity contribution in [3.63, 3.8) is 0 Å². The lowest BCUT2D eigenvalue weighted by molar-refractivity contribution is -0.122. The van der Waals surface area contributed by atoms with E-state index in [1.165, 1.54) is 0 Å². The molecule has 7 nitrogen and oxygen atoms in total. The maximum atomic E-state index is 12.0. The smallest absolute Gasteiger partial charge is 0.234 e. The molecule has 0 spiro atoms. The first-order chi connectivity index (χ1) is 12.2. The van der Waals surface area contributed by atoms with Gasteiger partial charge in [0.2, 0.25) is 5.91 Å². The van der Waals surface area contributed by atoms with E-state index in [-0.39, 0.29) is 5.91 Å². The number of hydrogen-bond donors (Lipinski definition) is 2. The molecule has 1 atom stereocenters. The van der Waals surface area contributed by atoms with E-state index in [2.05, 4.69) is 26.6 Å². The number of nitrogens with one attached hydrogen (secondary N) is 2. The molecular formula is C18H21N5O2. The molecule has 1 saturated heterocycles.